The van der Waals surface area contributed by atoms with Gasteiger partial charge in [0.1, 0.15) is 6.61 Å². The summed E-state index contributed by atoms with van der Waals surface area (Å²) in [6.45, 7) is 3.50. The molecule has 2 atom stereocenters. The van der Waals surface area contributed by atoms with Gasteiger partial charge in [0.25, 0.3) is 0 Å². The fourth-order valence-electron chi connectivity index (χ4n) is 5.17. The Morgan fingerprint density at radius 1 is 0.564 bits per heavy atom. The van der Waals surface area contributed by atoms with E-state index in [1.165, 1.54) is 38.5 Å². The molecule has 0 saturated carbocycles. The van der Waals surface area contributed by atoms with Gasteiger partial charge in [0.15, 0.2) is 6.10 Å². The normalized spacial score (nSPS) is 14.2. The van der Waals surface area contributed by atoms with Crippen molar-refractivity contribution in [3.63, 3.8) is 0 Å². The highest BCUT2D eigenvalue weighted by atomic mass is 31.2. The number of carbonyl (C=O) groups is 2. The average Bonchev–Trinajstić information content (AvgIpc) is 3.17. The van der Waals surface area contributed by atoms with Crippen molar-refractivity contribution in [2.24, 2.45) is 5.73 Å². The lowest BCUT2D eigenvalue weighted by Crippen LogP contribution is -2.29. The van der Waals surface area contributed by atoms with E-state index in [0.29, 0.717) is 12.8 Å². The number of hydrogen-bond donors (Lipinski definition) is 2. The molecule has 0 fully saturated rings. The van der Waals surface area contributed by atoms with Gasteiger partial charge < -0.3 is 20.1 Å². The number of hydrogen-bond acceptors (Lipinski definition) is 8. The first kappa shape index (κ1) is 52.2. The van der Waals surface area contributed by atoms with Crippen molar-refractivity contribution in [3.8, 4) is 0 Å². The summed E-state index contributed by atoms with van der Waals surface area (Å²) in [7, 11) is -4.40. The van der Waals surface area contributed by atoms with E-state index in [2.05, 4.69) is 98.9 Å². The van der Waals surface area contributed by atoms with Crippen molar-refractivity contribution in [2.45, 2.75) is 161 Å². The van der Waals surface area contributed by atoms with E-state index in [0.717, 1.165) is 77.0 Å². The van der Waals surface area contributed by atoms with Crippen LogP contribution < -0.4 is 5.73 Å². The molecule has 0 aromatic heterocycles. The smallest absolute Gasteiger partial charge is 0.462 e. The molecular formula is C45H76NO8P. The van der Waals surface area contributed by atoms with Gasteiger partial charge in [-0.3, -0.25) is 18.6 Å². The second-order valence-electron chi connectivity index (χ2n) is 13.5. The van der Waals surface area contributed by atoms with Gasteiger partial charge in [-0.05, 0) is 83.5 Å². The van der Waals surface area contributed by atoms with Crippen molar-refractivity contribution in [1.29, 1.82) is 0 Å². The maximum Gasteiger partial charge on any atom is 0.472 e. The molecule has 0 rings (SSSR count). The Hall–Kier alpha value is -2.81. The van der Waals surface area contributed by atoms with Crippen molar-refractivity contribution >= 4 is 19.8 Å². The summed E-state index contributed by atoms with van der Waals surface area (Å²) in [4.78, 5) is 34.8. The first-order valence-corrected chi connectivity index (χ1v) is 22.6. The zero-order chi connectivity index (χ0) is 40.3. The molecule has 0 aliphatic heterocycles. The quantitative estimate of drug-likeness (QED) is 0.0271. The van der Waals surface area contributed by atoms with E-state index >= 15 is 0 Å². The third-order valence-electron chi connectivity index (χ3n) is 8.27. The highest BCUT2D eigenvalue weighted by Gasteiger charge is 2.25. The van der Waals surface area contributed by atoms with Crippen LogP contribution in [-0.2, 0) is 32.7 Å². The first-order chi connectivity index (χ1) is 26.8. The Bertz CT molecular complexity index is 1170. The number of nitrogens with two attached hydrogens (primary N) is 1. The molecule has 0 saturated heterocycles. The van der Waals surface area contributed by atoms with Gasteiger partial charge in [-0.15, -0.1) is 0 Å². The van der Waals surface area contributed by atoms with E-state index in [9.17, 15) is 19.0 Å². The van der Waals surface area contributed by atoms with Crippen LogP contribution in [0.5, 0.6) is 0 Å². The summed E-state index contributed by atoms with van der Waals surface area (Å²) in [6, 6.07) is 0. The Kier molecular flexibility index (Phi) is 38.8. The average molecular weight is 790 g/mol. The zero-order valence-corrected chi connectivity index (χ0v) is 35.3. The number of unbranched alkanes of at least 4 members (excludes halogenated alkanes) is 11. The van der Waals surface area contributed by atoms with Crippen molar-refractivity contribution < 1.29 is 37.6 Å². The molecule has 0 spiro atoms. The van der Waals surface area contributed by atoms with Gasteiger partial charge in [0.2, 0.25) is 0 Å². The van der Waals surface area contributed by atoms with Gasteiger partial charge in [-0.1, -0.05) is 144 Å². The summed E-state index contributed by atoms with van der Waals surface area (Å²) in [5.41, 5.74) is 5.34. The number of carbonyl (C=O) groups excluding carboxylic acids is 2. The summed E-state index contributed by atoms with van der Waals surface area (Å²) in [6.07, 6.45) is 50.5. The predicted octanol–water partition coefficient (Wildman–Crippen LogP) is 12.0. The summed E-state index contributed by atoms with van der Waals surface area (Å²) >= 11 is 0. The number of phosphoric ester groups is 1. The molecule has 0 bridgehead atoms. The molecular weight excluding hydrogens is 713 g/mol. The highest BCUT2D eigenvalue weighted by molar-refractivity contribution is 7.47. The van der Waals surface area contributed by atoms with E-state index < -0.39 is 32.5 Å². The maximum absolute atomic E-state index is 12.6. The fourth-order valence-corrected chi connectivity index (χ4v) is 5.93. The molecule has 3 N–H and O–H groups in total. The van der Waals surface area contributed by atoms with Crippen LogP contribution in [0, 0.1) is 0 Å². The largest absolute Gasteiger partial charge is 0.472 e. The Labute approximate surface area is 334 Å². The van der Waals surface area contributed by atoms with Crippen molar-refractivity contribution in [1.82, 2.24) is 0 Å². The van der Waals surface area contributed by atoms with Crippen LogP contribution in [0.1, 0.15) is 155 Å². The lowest BCUT2D eigenvalue weighted by atomic mass is 10.1. The Balaban J connectivity index is 4.32. The SMILES string of the molecule is CCC=CCC=CCC=CCC=CCCCCCCC(=O)OC(COC(=O)CCCC=CCC=CCC=CCCCCCCCC)COP(=O)(O)OCCN. The van der Waals surface area contributed by atoms with Gasteiger partial charge in [0.05, 0.1) is 13.2 Å². The molecule has 0 aromatic rings. The van der Waals surface area contributed by atoms with E-state index in [4.69, 9.17) is 24.3 Å². The van der Waals surface area contributed by atoms with Crippen LogP contribution in [0.3, 0.4) is 0 Å². The topological polar surface area (TPSA) is 134 Å². The highest BCUT2D eigenvalue weighted by Crippen LogP contribution is 2.43. The Morgan fingerprint density at radius 3 is 1.55 bits per heavy atom. The number of allylic oxidation sites excluding steroid dienone is 14. The Morgan fingerprint density at radius 2 is 1.02 bits per heavy atom. The second-order valence-corrected chi connectivity index (χ2v) is 14.9. The van der Waals surface area contributed by atoms with Gasteiger partial charge >= 0.3 is 19.8 Å². The standard InChI is InChI=1S/C45H76NO8P/c1-3-5-7-9-11-13-15-17-19-21-23-25-27-29-31-33-35-37-44(47)51-41-43(42-53-55(49,50)52-40-39-46)54-45(48)38-36-34-32-30-28-26-24-22-20-18-16-14-12-10-8-6-4-2/h6,8,12,14,17-20,23-26,29,31,43H,3-5,7,9-11,13,15-16,21-22,27-28,30,32-42,46H2,1-2H3,(H,49,50). The summed E-state index contributed by atoms with van der Waals surface area (Å²) < 4.78 is 32.7. The van der Waals surface area contributed by atoms with E-state index in [1.807, 2.05) is 0 Å². The molecule has 2 unspecified atom stereocenters. The van der Waals surface area contributed by atoms with Crippen LogP contribution in [-0.4, -0.2) is 49.3 Å². The summed E-state index contributed by atoms with van der Waals surface area (Å²) in [5.74, 6) is -0.926. The number of esters is 2. The fraction of sp³-hybridized carbons (Fsp3) is 0.644. The number of phosphoric acid groups is 1. The lowest BCUT2D eigenvalue weighted by molar-refractivity contribution is -0.161. The minimum Gasteiger partial charge on any atom is -0.462 e. The van der Waals surface area contributed by atoms with Crippen LogP contribution in [0.4, 0.5) is 0 Å². The molecule has 0 heterocycles. The third kappa shape index (κ3) is 40.7. The van der Waals surface area contributed by atoms with Crippen LogP contribution in [0.2, 0.25) is 0 Å². The molecule has 9 nitrogen and oxygen atoms in total. The minimum absolute atomic E-state index is 0.0380. The van der Waals surface area contributed by atoms with Crippen LogP contribution in [0.15, 0.2) is 85.1 Å². The van der Waals surface area contributed by atoms with Crippen LogP contribution in [0.25, 0.3) is 0 Å². The number of ether oxygens (including phenoxy) is 2. The van der Waals surface area contributed by atoms with E-state index in [-0.39, 0.29) is 32.6 Å². The molecule has 314 valence electrons. The molecule has 0 radical (unpaired) electrons. The minimum atomic E-state index is -4.40. The monoisotopic (exact) mass is 790 g/mol. The molecule has 0 aliphatic carbocycles. The summed E-state index contributed by atoms with van der Waals surface area (Å²) in [5, 5.41) is 0. The van der Waals surface area contributed by atoms with Gasteiger partial charge in [-0.2, -0.15) is 0 Å². The molecule has 10 heteroatoms. The molecule has 55 heavy (non-hydrogen) atoms. The van der Waals surface area contributed by atoms with Gasteiger partial charge in [-0.25, -0.2) is 4.57 Å². The van der Waals surface area contributed by atoms with E-state index in [1.54, 1.807) is 0 Å². The third-order valence-corrected chi connectivity index (χ3v) is 9.25. The molecule has 0 aromatic carbocycles. The van der Waals surface area contributed by atoms with Crippen LogP contribution >= 0.6 is 7.82 Å². The first-order valence-electron chi connectivity index (χ1n) is 21.1. The number of rotatable bonds is 38. The van der Waals surface area contributed by atoms with Crippen molar-refractivity contribution in [3.05, 3.63) is 85.1 Å². The molecule has 0 amide bonds. The van der Waals surface area contributed by atoms with Crippen molar-refractivity contribution in [2.75, 3.05) is 26.4 Å². The lowest BCUT2D eigenvalue weighted by Gasteiger charge is -2.19. The maximum atomic E-state index is 12.6. The predicted molar refractivity (Wildman–Crippen MR) is 229 cm³/mol. The molecule has 0 aliphatic rings. The van der Waals surface area contributed by atoms with Gasteiger partial charge in [0, 0.05) is 19.4 Å². The zero-order valence-electron chi connectivity index (χ0n) is 34.4. The second kappa shape index (κ2) is 40.8.